The van der Waals surface area contributed by atoms with E-state index in [1.165, 1.54) is 30.6 Å². The number of carboxylic acids is 1. The maximum atomic E-state index is 13.0. The summed E-state index contributed by atoms with van der Waals surface area (Å²) < 4.78 is 12.0. The van der Waals surface area contributed by atoms with Gasteiger partial charge in [0.2, 0.25) is 0 Å². The summed E-state index contributed by atoms with van der Waals surface area (Å²) >= 11 is 6.49. The van der Waals surface area contributed by atoms with Gasteiger partial charge in [-0.15, -0.1) is 0 Å². The number of carboxylic acid groups (broad SMARTS) is 1. The van der Waals surface area contributed by atoms with E-state index in [4.69, 9.17) is 21.7 Å². The van der Waals surface area contributed by atoms with Gasteiger partial charge in [-0.3, -0.25) is 9.69 Å². The molecule has 188 valence electrons. The molecule has 1 heterocycles. The number of aliphatic carboxylic acids is 1. The summed E-state index contributed by atoms with van der Waals surface area (Å²) in [7, 11) is 0. The Morgan fingerprint density at radius 2 is 1.82 bits per heavy atom. The van der Waals surface area contributed by atoms with Crippen LogP contribution in [-0.2, 0) is 9.59 Å². The molecule has 2 rings (SSSR count). The molecule has 1 N–H and O–H groups in total. The van der Waals surface area contributed by atoms with Crippen LogP contribution in [0.1, 0.15) is 78.2 Å². The number of carbonyl (C=O) groups excluding carboxylic acids is 1. The quantitative estimate of drug-likeness (QED) is 0.164. The zero-order chi connectivity index (χ0) is 25.1. The molecule has 0 radical (unpaired) electrons. The van der Waals surface area contributed by atoms with Crippen molar-refractivity contribution in [2.75, 3.05) is 13.2 Å². The first-order valence-corrected chi connectivity index (χ1v) is 13.4. The number of carbonyl (C=O) groups is 2. The summed E-state index contributed by atoms with van der Waals surface area (Å²) in [6.45, 7) is 9.11. The summed E-state index contributed by atoms with van der Waals surface area (Å²) in [5, 5.41) is 9.65. The van der Waals surface area contributed by atoms with E-state index in [1.54, 1.807) is 6.08 Å². The predicted octanol–water partition coefficient (Wildman–Crippen LogP) is 6.53. The van der Waals surface area contributed by atoms with Gasteiger partial charge in [-0.05, 0) is 49.5 Å². The molecule has 0 aromatic heterocycles. The van der Waals surface area contributed by atoms with Crippen molar-refractivity contribution >= 4 is 46.3 Å². The highest BCUT2D eigenvalue weighted by atomic mass is 32.2. The molecule has 1 amide bonds. The molecule has 1 aliphatic rings. The second kappa shape index (κ2) is 14.4. The molecule has 1 atom stereocenters. The third-order valence-electron chi connectivity index (χ3n) is 5.44. The molecular formula is C26H37NO5S2. The topological polar surface area (TPSA) is 76.1 Å². The molecule has 1 aromatic carbocycles. The monoisotopic (exact) mass is 507 g/mol. The van der Waals surface area contributed by atoms with E-state index < -0.39 is 12.0 Å². The lowest BCUT2D eigenvalue weighted by molar-refractivity contribution is -0.145. The van der Waals surface area contributed by atoms with Gasteiger partial charge in [0.25, 0.3) is 5.91 Å². The number of rotatable bonds is 15. The lowest BCUT2D eigenvalue weighted by atomic mass is 10.0. The molecule has 1 aliphatic heterocycles. The number of unbranched alkanes of at least 4 members (excludes halogenated alkanes) is 5. The SMILES string of the molecule is CCCCCCCCOc1ccc(C=C2SC(=S)N(C(CC(C)C)C(=O)O)C2=O)cc1OCC. The van der Waals surface area contributed by atoms with Gasteiger partial charge in [0.15, 0.2) is 11.5 Å². The third-order valence-corrected chi connectivity index (χ3v) is 6.77. The summed E-state index contributed by atoms with van der Waals surface area (Å²) in [5.41, 5.74) is 0.770. The van der Waals surface area contributed by atoms with Gasteiger partial charge in [0, 0.05) is 0 Å². The lowest BCUT2D eigenvalue weighted by Crippen LogP contribution is -2.44. The fourth-order valence-corrected chi connectivity index (χ4v) is 5.09. The molecule has 1 fully saturated rings. The molecule has 8 heteroatoms. The van der Waals surface area contributed by atoms with Crippen molar-refractivity contribution in [3.8, 4) is 11.5 Å². The second-order valence-corrected chi connectivity index (χ2v) is 10.5. The Balaban J connectivity index is 2.11. The fraction of sp³-hybridized carbons (Fsp3) is 0.577. The highest BCUT2D eigenvalue weighted by Gasteiger charge is 2.40. The van der Waals surface area contributed by atoms with Crippen LogP contribution in [0.4, 0.5) is 0 Å². The summed E-state index contributed by atoms with van der Waals surface area (Å²) in [5.74, 6) is 0.0115. The Morgan fingerprint density at radius 3 is 2.47 bits per heavy atom. The van der Waals surface area contributed by atoms with Crippen molar-refractivity contribution < 1.29 is 24.2 Å². The predicted molar refractivity (Wildman–Crippen MR) is 142 cm³/mol. The molecule has 6 nitrogen and oxygen atoms in total. The molecule has 0 bridgehead atoms. The number of hydrogen-bond donors (Lipinski definition) is 1. The number of ether oxygens (including phenoxy) is 2. The van der Waals surface area contributed by atoms with Gasteiger partial charge in [-0.1, -0.05) is 82.9 Å². The van der Waals surface area contributed by atoms with E-state index in [9.17, 15) is 14.7 Å². The van der Waals surface area contributed by atoms with Gasteiger partial charge in [-0.2, -0.15) is 0 Å². The van der Waals surface area contributed by atoms with E-state index in [0.29, 0.717) is 36.0 Å². The van der Waals surface area contributed by atoms with Crippen LogP contribution in [0.5, 0.6) is 11.5 Å². The third kappa shape index (κ3) is 8.31. The molecule has 0 spiro atoms. The largest absolute Gasteiger partial charge is 0.490 e. The molecule has 1 aromatic rings. The Kier molecular flexibility index (Phi) is 11.9. The molecule has 0 aliphatic carbocycles. The highest BCUT2D eigenvalue weighted by molar-refractivity contribution is 8.26. The van der Waals surface area contributed by atoms with E-state index >= 15 is 0 Å². The van der Waals surface area contributed by atoms with Gasteiger partial charge in [0.1, 0.15) is 10.4 Å². The van der Waals surface area contributed by atoms with Gasteiger partial charge in [0.05, 0.1) is 18.1 Å². The van der Waals surface area contributed by atoms with Crippen LogP contribution in [0, 0.1) is 5.92 Å². The summed E-state index contributed by atoms with van der Waals surface area (Å²) in [4.78, 5) is 26.5. The minimum Gasteiger partial charge on any atom is -0.490 e. The van der Waals surface area contributed by atoms with E-state index in [0.717, 1.165) is 30.2 Å². The smallest absolute Gasteiger partial charge is 0.326 e. The maximum absolute atomic E-state index is 13.0. The van der Waals surface area contributed by atoms with Crippen molar-refractivity contribution in [1.82, 2.24) is 4.90 Å². The fourth-order valence-electron chi connectivity index (χ4n) is 3.73. The summed E-state index contributed by atoms with van der Waals surface area (Å²) in [6.07, 6.45) is 9.24. The minimum atomic E-state index is -1.04. The zero-order valence-corrected chi connectivity index (χ0v) is 22.3. The Morgan fingerprint density at radius 1 is 1.12 bits per heavy atom. The second-order valence-electron chi connectivity index (χ2n) is 8.79. The van der Waals surface area contributed by atoms with E-state index in [-0.39, 0.29) is 16.1 Å². The van der Waals surface area contributed by atoms with Gasteiger partial charge < -0.3 is 14.6 Å². The highest BCUT2D eigenvalue weighted by Crippen LogP contribution is 2.37. The number of thioether (sulfide) groups is 1. The van der Waals surface area contributed by atoms with Crippen LogP contribution < -0.4 is 9.47 Å². The number of benzene rings is 1. The Labute approximate surface area is 213 Å². The van der Waals surface area contributed by atoms with Crippen molar-refractivity contribution in [1.29, 1.82) is 0 Å². The first-order chi connectivity index (χ1) is 16.3. The van der Waals surface area contributed by atoms with Crippen molar-refractivity contribution in [2.45, 2.75) is 78.7 Å². The van der Waals surface area contributed by atoms with Gasteiger partial charge in [-0.25, -0.2) is 4.79 Å². The van der Waals surface area contributed by atoms with E-state index in [1.807, 2.05) is 39.0 Å². The van der Waals surface area contributed by atoms with Crippen LogP contribution >= 0.6 is 24.0 Å². The van der Waals surface area contributed by atoms with Crippen molar-refractivity contribution in [3.63, 3.8) is 0 Å². The lowest BCUT2D eigenvalue weighted by Gasteiger charge is -2.24. The van der Waals surface area contributed by atoms with Crippen LogP contribution in [0.3, 0.4) is 0 Å². The van der Waals surface area contributed by atoms with Crippen LogP contribution in [-0.4, -0.2) is 45.5 Å². The minimum absolute atomic E-state index is 0.118. The van der Waals surface area contributed by atoms with Gasteiger partial charge >= 0.3 is 5.97 Å². The normalized spacial score (nSPS) is 15.9. The molecular weight excluding hydrogens is 470 g/mol. The van der Waals surface area contributed by atoms with E-state index in [2.05, 4.69) is 6.92 Å². The average Bonchev–Trinajstić information content (AvgIpc) is 3.05. The number of hydrogen-bond acceptors (Lipinski definition) is 6. The Hall–Kier alpha value is -2.06. The van der Waals surface area contributed by atoms with Crippen LogP contribution in [0.2, 0.25) is 0 Å². The van der Waals surface area contributed by atoms with Crippen LogP contribution in [0.25, 0.3) is 6.08 Å². The molecule has 1 saturated heterocycles. The van der Waals surface area contributed by atoms with Crippen LogP contribution in [0.15, 0.2) is 23.1 Å². The maximum Gasteiger partial charge on any atom is 0.326 e. The molecule has 1 unspecified atom stereocenters. The van der Waals surface area contributed by atoms with Crippen molar-refractivity contribution in [3.05, 3.63) is 28.7 Å². The first-order valence-electron chi connectivity index (χ1n) is 12.2. The average molecular weight is 508 g/mol. The number of nitrogens with zero attached hydrogens (tertiary/aromatic N) is 1. The Bertz CT molecular complexity index is 884. The number of amides is 1. The number of thiocarbonyl (C=S) groups is 1. The standard InChI is InChI=1S/C26H37NO5S2/c1-5-7-8-9-10-11-14-32-21-13-12-19(16-22(21)31-6-2)17-23-24(28)27(26(33)34-23)20(25(29)30)15-18(3)4/h12-13,16-18,20H,5-11,14-15H2,1-4H3,(H,29,30). The zero-order valence-electron chi connectivity index (χ0n) is 20.7. The first kappa shape index (κ1) is 28.2. The summed E-state index contributed by atoms with van der Waals surface area (Å²) in [6, 6.07) is 4.60. The molecule has 0 saturated carbocycles. The molecule has 34 heavy (non-hydrogen) atoms. The van der Waals surface area contributed by atoms with Crippen molar-refractivity contribution in [2.24, 2.45) is 5.92 Å².